The van der Waals surface area contributed by atoms with Gasteiger partial charge in [-0.25, -0.2) is 4.98 Å². The Hall–Kier alpha value is -3.73. The second-order valence-corrected chi connectivity index (χ2v) is 10.1. The molecule has 3 N–H and O–H groups in total. The molecule has 2 aromatic heterocycles. The molecule has 0 radical (unpaired) electrons. The third-order valence-electron chi connectivity index (χ3n) is 5.58. The number of carbonyl (C=O) groups excluding carboxylic acids is 1. The molecule has 216 valence electrons. The Morgan fingerprint density at radius 2 is 1.82 bits per heavy atom. The third kappa shape index (κ3) is 8.90. The van der Waals surface area contributed by atoms with E-state index in [-0.39, 0.29) is 36.1 Å². The lowest BCUT2D eigenvalue weighted by atomic mass is 10.1. The van der Waals surface area contributed by atoms with E-state index in [1.807, 2.05) is 11.8 Å². The molecule has 0 saturated carbocycles. The molecular weight excluding hydrogens is 566 g/mol. The van der Waals surface area contributed by atoms with E-state index in [1.54, 1.807) is 6.20 Å². The minimum atomic E-state index is -4.66. The Labute approximate surface area is 228 Å². The van der Waals surface area contributed by atoms with Gasteiger partial charge in [-0.2, -0.15) is 41.3 Å². The van der Waals surface area contributed by atoms with Gasteiger partial charge in [-0.1, -0.05) is 6.07 Å². The molecule has 1 fully saturated rings. The Balaban J connectivity index is 1.40. The summed E-state index contributed by atoms with van der Waals surface area (Å²) in [6.07, 6.45) is -6.47. The largest absolute Gasteiger partial charge is 0.454 e. The number of hydrogen-bond acceptors (Lipinski definition) is 10. The van der Waals surface area contributed by atoms with Gasteiger partial charge in [0.05, 0.1) is 12.1 Å². The van der Waals surface area contributed by atoms with Crippen molar-refractivity contribution >= 4 is 40.0 Å². The van der Waals surface area contributed by atoms with E-state index in [0.29, 0.717) is 31.1 Å². The van der Waals surface area contributed by atoms with Crippen molar-refractivity contribution in [2.24, 2.45) is 0 Å². The van der Waals surface area contributed by atoms with Gasteiger partial charge in [0.2, 0.25) is 17.8 Å². The molecule has 0 spiro atoms. The standard InChI is InChI=1S/C23H24F6N8O2S/c1-13-10-30-21(40-13)33-17(38)11-37-7-5-15(6-8-37)31-18-34-19(36-20(35-18)39-12-22(24,25)26)32-16-4-2-3-14(9-16)23(27,28)29/h2-4,9-10,15H,5-8,11-12H2,1H3,(H,30,33,38)(H2,31,32,34,35,36). The quantitative estimate of drug-likeness (QED) is 0.301. The van der Waals surface area contributed by atoms with E-state index in [9.17, 15) is 31.1 Å². The first-order chi connectivity index (χ1) is 18.8. The van der Waals surface area contributed by atoms with E-state index < -0.39 is 30.5 Å². The van der Waals surface area contributed by atoms with Gasteiger partial charge < -0.3 is 20.7 Å². The normalized spacial score (nSPS) is 15.1. The smallest absolute Gasteiger partial charge is 0.422 e. The lowest BCUT2D eigenvalue weighted by Crippen LogP contribution is -2.42. The van der Waals surface area contributed by atoms with Gasteiger partial charge in [-0.3, -0.25) is 9.69 Å². The van der Waals surface area contributed by atoms with Gasteiger partial charge in [-0.15, -0.1) is 11.3 Å². The molecule has 0 aliphatic carbocycles. The molecule has 1 aliphatic heterocycles. The number of anilines is 4. The molecule has 1 aromatic carbocycles. The van der Waals surface area contributed by atoms with Crippen LogP contribution in [0, 0.1) is 6.92 Å². The molecule has 10 nitrogen and oxygen atoms in total. The topological polar surface area (TPSA) is 117 Å². The maximum atomic E-state index is 13.1. The van der Waals surface area contributed by atoms with Gasteiger partial charge in [0.15, 0.2) is 11.7 Å². The van der Waals surface area contributed by atoms with Gasteiger partial charge in [0.25, 0.3) is 0 Å². The fourth-order valence-electron chi connectivity index (χ4n) is 3.78. The molecule has 1 saturated heterocycles. The number of aryl methyl sites for hydroxylation is 1. The third-order valence-corrected chi connectivity index (χ3v) is 6.41. The summed E-state index contributed by atoms with van der Waals surface area (Å²) >= 11 is 1.37. The summed E-state index contributed by atoms with van der Waals surface area (Å²) in [5, 5.41) is 8.85. The molecule has 0 unspecified atom stereocenters. The van der Waals surface area contributed by atoms with Crippen LogP contribution in [0.3, 0.4) is 0 Å². The molecule has 17 heteroatoms. The molecule has 1 aliphatic rings. The van der Waals surface area contributed by atoms with Gasteiger partial charge in [-0.05, 0) is 38.0 Å². The average Bonchev–Trinajstić information content (AvgIpc) is 3.27. The van der Waals surface area contributed by atoms with Crippen molar-refractivity contribution in [1.29, 1.82) is 0 Å². The number of nitrogens with zero attached hydrogens (tertiary/aromatic N) is 5. The SMILES string of the molecule is Cc1cnc(NC(=O)CN2CCC(Nc3nc(Nc4cccc(C(F)(F)F)c4)nc(OCC(F)(F)F)n3)CC2)s1. The fourth-order valence-corrected chi connectivity index (χ4v) is 4.46. The maximum Gasteiger partial charge on any atom is 0.422 e. The van der Waals surface area contributed by atoms with Crippen LogP contribution in [0.2, 0.25) is 0 Å². The minimum Gasteiger partial charge on any atom is -0.454 e. The van der Waals surface area contributed by atoms with Crippen molar-refractivity contribution in [3.8, 4) is 6.01 Å². The highest BCUT2D eigenvalue weighted by atomic mass is 32.1. The average molecular weight is 591 g/mol. The summed E-state index contributed by atoms with van der Waals surface area (Å²) in [5.41, 5.74) is -0.964. The van der Waals surface area contributed by atoms with E-state index in [2.05, 4.69) is 40.6 Å². The molecule has 40 heavy (non-hydrogen) atoms. The maximum absolute atomic E-state index is 13.1. The Morgan fingerprint density at radius 3 is 2.48 bits per heavy atom. The van der Waals surface area contributed by atoms with Crippen molar-refractivity contribution in [2.75, 3.05) is 42.2 Å². The number of alkyl halides is 6. The van der Waals surface area contributed by atoms with Crippen molar-refractivity contribution < 1.29 is 35.9 Å². The van der Waals surface area contributed by atoms with Crippen LogP contribution in [-0.2, 0) is 11.0 Å². The number of nitrogens with one attached hydrogen (secondary N) is 3. The number of piperidine rings is 1. The summed E-state index contributed by atoms with van der Waals surface area (Å²) in [5.74, 6) is -0.618. The second-order valence-electron chi connectivity index (χ2n) is 8.89. The molecule has 1 amide bonds. The zero-order chi connectivity index (χ0) is 28.9. The van der Waals surface area contributed by atoms with E-state index in [0.717, 1.165) is 17.0 Å². The van der Waals surface area contributed by atoms with Gasteiger partial charge in [0, 0.05) is 35.9 Å². The summed E-state index contributed by atoms with van der Waals surface area (Å²) in [7, 11) is 0. The number of halogens is 6. The molecule has 3 heterocycles. The number of likely N-dealkylation sites (tertiary alicyclic amines) is 1. The highest BCUT2D eigenvalue weighted by Gasteiger charge is 2.31. The lowest BCUT2D eigenvalue weighted by Gasteiger charge is -2.31. The number of carbonyl (C=O) groups is 1. The second kappa shape index (κ2) is 12.2. The summed E-state index contributed by atoms with van der Waals surface area (Å²) < 4.78 is 82.0. The van der Waals surface area contributed by atoms with Crippen LogP contribution in [0.1, 0.15) is 23.3 Å². The molecule has 3 aromatic rings. The number of ether oxygens (including phenoxy) is 1. The van der Waals surface area contributed by atoms with Crippen molar-refractivity contribution in [3.05, 3.63) is 40.9 Å². The highest BCUT2D eigenvalue weighted by molar-refractivity contribution is 7.15. The number of aromatic nitrogens is 4. The first kappa shape index (κ1) is 29.3. The molecule has 0 bridgehead atoms. The van der Waals surface area contributed by atoms with Crippen molar-refractivity contribution in [2.45, 2.75) is 38.2 Å². The van der Waals surface area contributed by atoms with Crippen molar-refractivity contribution in [3.63, 3.8) is 0 Å². The van der Waals surface area contributed by atoms with Crippen LogP contribution in [0.25, 0.3) is 0 Å². The van der Waals surface area contributed by atoms with Gasteiger partial charge in [0.1, 0.15) is 0 Å². The predicted octanol–water partition coefficient (Wildman–Crippen LogP) is 4.86. The van der Waals surface area contributed by atoms with E-state index in [1.165, 1.54) is 23.5 Å². The van der Waals surface area contributed by atoms with Crippen LogP contribution >= 0.6 is 11.3 Å². The van der Waals surface area contributed by atoms with Crippen LogP contribution in [0.4, 0.5) is 49.1 Å². The predicted molar refractivity (Wildman–Crippen MR) is 135 cm³/mol. The summed E-state index contributed by atoms with van der Waals surface area (Å²) in [6, 6.07) is 3.33. The fraction of sp³-hybridized carbons (Fsp3) is 0.435. The Bertz CT molecular complexity index is 1310. The highest BCUT2D eigenvalue weighted by Crippen LogP contribution is 2.31. The van der Waals surface area contributed by atoms with Crippen molar-refractivity contribution in [1.82, 2.24) is 24.8 Å². The number of thiazole rings is 1. The van der Waals surface area contributed by atoms with Gasteiger partial charge >= 0.3 is 18.4 Å². The minimum absolute atomic E-state index is 0.0340. The van der Waals surface area contributed by atoms with Crippen LogP contribution in [0.15, 0.2) is 30.5 Å². The lowest BCUT2D eigenvalue weighted by molar-refractivity contribution is -0.154. The molecular formula is C23H24F6N8O2S. The number of benzene rings is 1. The van der Waals surface area contributed by atoms with E-state index in [4.69, 9.17) is 0 Å². The van der Waals surface area contributed by atoms with Crippen LogP contribution in [0.5, 0.6) is 6.01 Å². The zero-order valence-corrected chi connectivity index (χ0v) is 21.8. The zero-order valence-electron chi connectivity index (χ0n) is 20.9. The van der Waals surface area contributed by atoms with E-state index >= 15 is 0 Å². The summed E-state index contributed by atoms with van der Waals surface area (Å²) in [4.78, 5) is 31.1. The number of hydrogen-bond donors (Lipinski definition) is 3. The molecule has 0 atom stereocenters. The Morgan fingerprint density at radius 1 is 1.10 bits per heavy atom. The van der Waals surface area contributed by atoms with Crippen LogP contribution < -0.4 is 20.7 Å². The Kier molecular flexibility index (Phi) is 8.92. The first-order valence-electron chi connectivity index (χ1n) is 11.9. The number of rotatable bonds is 9. The monoisotopic (exact) mass is 590 g/mol. The molecule has 4 rings (SSSR count). The number of amides is 1. The first-order valence-corrected chi connectivity index (χ1v) is 12.8. The van der Waals surface area contributed by atoms with Crippen LogP contribution in [-0.4, -0.2) is 69.2 Å². The summed E-state index contributed by atoms with van der Waals surface area (Å²) in [6.45, 7) is 1.46.